The van der Waals surface area contributed by atoms with Crippen LogP contribution in [-0.2, 0) is 18.4 Å². The number of benzene rings is 1. The Balaban J connectivity index is 1.81. The van der Waals surface area contributed by atoms with Crippen LogP contribution in [0.5, 0.6) is 5.75 Å². The SMILES string of the molecule is CNC(=O)[C@H]1CN(Cc2cccc(OC)c2C)C[C@@H]1c1cnn(C)c1. The number of carbonyl (C=O) groups excluding carboxylic acids is 1. The zero-order valence-electron chi connectivity index (χ0n) is 15.3. The van der Waals surface area contributed by atoms with Gasteiger partial charge in [0.2, 0.25) is 5.91 Å². The molecule has 1 aromatic heterocycles. The Kier molecular flexibility index (Phi) is 5.08. The van der Waals surface area contributed by atoms with Gasteiger partial charge < -0.3 is 10.1 Å². The van der Waals surface area contributed by atoms with E-state index in [1.54, 1.807) is 18.8 Å². The normalized spacial score (nSPS) is 20.6. The minimum Gasteiger partial charge on any atom is -0.496 e. The highest BCUT2D eigenvalue weighted by molar-refractivity contribution is 5.80. The lowest BCUT2D eigenvalue weighted by Gasteiger charge is -2.18. The number of carbonyl (C=O) groups is 1. The van der Waals surface area contributed by atoms with Crippen LogP contribution in [0, 0.1) is 12.8 Å². The van der Waals surface area contributed by atoms with E-state index in [4.69, 9.17) is 4.74 Å². The Morgan fingerprint density at radius 2 is 2.20 bits per heavy atom. The average molecular weight is 342 g/mol. The summed E-state index contributed by atoms with van der Waals surface area (Å²) in [4.78, 5) is 14.7. The van der Waals surface area contributed by atoms with Gasteiger partial charge in [0.15, 0.2) is 0 Å². The van der Waals surface area contributed by atoms with Crippen molar-refractivity contribution < 1.29 is 9.53 Å². The molecule has 1 aliphatic rings. The van der Waals surface area contributed by atoms with Crippen LogP contribution in [0.1, 0.15) is 22.6 Å². The number of amides is 1. The summed E-state index contributed by atoms with van der Waals surface area (Å²) in [6.07, 6.45) is 3.89. The van der Waals surface area contributed by atoms with Gasteiger partial charge in [0.1, 0.15) is 5.75 Å². The number of likely N-dealkylation sites (tertiary alicyclic amines) is 1. The molecule has 3 rings (SSSR count). The van der Waals surface area contributed by atoms with Crippen LogP contribution in [-0.4, -0.2) is 47.8 Å². The minimum atomic E-state index is -0.0555. The van der Waals surface area contributed by atoms with Gasteiger partial charge in [-0.15, -0.1) is 0 Å². The largest absolute Gasteiger partial charge is 0.496 e. The molecule has 2 heterocycles. The van der Waals surface area contributed by atoms with Gasteiger partial charge in [-0.3, -0.25) is 14.4 Å². The smallest absolute Gasteiger partial charge is 0.224 e. The van der Waals surface area contributed by atoms with Crippen molar-refractivity contribution in [2.75, 3.05) is 27.2 Å². The van der Waals surface area contributed by atoms with E-state index >= 15 is 0 Å². The number of nitrogens with one attached hydrogen (secondary N) is 1. The first-order valence-corrected chi connectivity index (χ1v) is 8.58. The lowest BCUT2D eigenvalue weighted by molar-refractivity contribution is -0.124. The molecule has 1 fully saturated rings. The molecule has 1 aliphatic heterocycles. The van der Waals surface area contributed by atoms with Crippen molar-refractivity contribution in [2.24, 2.45) is 13.0 Å². The molecular formula is C19H26N4O2. The van der Waals surface area contributed by atoms with Crippen LogP contribution in [0.4, 0.5) is 0 Å². The van der Waals surface area contributed by atoms with Crippen molar-refractivity contribution in [1.82, 2.24) is 20.0 Å². The van der Waals surface area contributed by atoms with E-state index in [2.05, 4.69) is 28.3 Å². The summed E-state index contributed by atoms with van der Waals surface area (Å²) in [5.74, 6) is 1.11. The summed E-state index contributed by atoms with van der Waals surface area (Å²) in [5, 5.41) is 7.09. The van der Waals surface area contributed by atoms with Gasteiger partial charge in [-0.1, -0.05) is 12.1 Å². The molecule has 0 saturated carbocycles. The first-order valence-electron chi connectivity index (χ1n) is 8.58. The molecule has 1 amide bonds. The predicted octanol–water partition coefficient (Wildman–Crippen LogP) is 1.70. The number of hydrogen-bond donors (Lipinski definition) is 1. The molecule has 0 radical (unpaired) electrons. The summed E-state index contributed by atoms with van der Waals surface area (Å²) in [5.41, 5.74) is 3.52. The highest BCUT2D eigenvalue weighted by Crippen LogP contribution is 2.34. The van der Waals surface area contributed by atoms with Crippen molar-refractivity contribution in [3.05, 3.63) is 47.3 Å². The first kappa shape index (κ1) is 17.5. The fourth-order valence-electron chi connectivity index (χ4n) is 3.73. The van der Waals surface area contributed by atoms with Gasteiger partial charge in [-0.2, -0.15) is 5.10 Å². The molecule has 2 atom stereocenters. The van der Waals surface area contributed by atoms with Crippen LogP contribution in [0.2, 0.25) is 0 Å². The number of aromatic nitrogens is 2. The van der Waals surface area contributed by atoms with Crippen molar-refractivity contribution in [3.63, 3.8) is 0 Å². The topological polar surface area (TPSA) is 59.4 Å². The molecule has 0 unspecified atom stereocenters. The summed E-state index contributed by atoms with van der Waals surface area (Å²) in [6.45, 7) is 4.49. The molecule has 2 aromatic rings. The Morgan fingerprint density at radius 1 is 1.40 bits per heavy atom. The standard InChI is InChI=1S/C19H26N4O2/c1-13-14(6-5-7-18(13)25-4)10-23-11-16(15-8-21-22(3)9-15)17(12-23)19(24)20-2/h5-9,16-17H,10-12H2,1-4H3,(H,20,24)/t16-,17+/m1/s1. The van der Waals surface area contributed by atoms with E-state index in [1.165, 1.54) is 5.56 Å². The van der Waals surface area contributed by atoms with Gasteiger partial charge in [0.05, 0.1) is 19.2 Å². The third-order valence-corrected chi connectivity index (χ3v) is 5.14. The lowest BCUT2D eigenvalue weighted by atomic mass is 9.90. The number of rotatable bonds is 5. The summed E-state index contributed by atoms with van der Waals surface area (Å²) >= 11 is 0. The van der Waals surface area contributed by atoms with Crippen LogP contribution in [0.25, 0.3) is 0 Å². The minimum absolute atomic E-state index is 0.0555. The van der Waals surface area contributed by atoms with E-state index < -0.39 is 0 Å². The van der Waals surface area contributed by atoms with Gasteiger partial charge in [0, 0.05) is 45.8 Å². The predicted molar refractivity (Wildman–Crippen MR) is 96.5 cm³/mol. The Hall–Kier alpha value is -2.34. The molecule has 134 valence electrons. The molecular weight excluding hydrogens is 316 g/mol. The zero-order chi connectivity index (χ0) is 18.0. The van der Waals surface area contributed by atoms with Crippen LogP contribution in [0.3, 0.4) is 0 Å². The molecule has 0 spiro atoms. The summed E-state index contributed by atoms with van der Waals surface area (Å²) in [6, 6.07) is 6.13. The second kappa shape index (κ2) is 7.27. The molecule has 6 heteroatoms. The average Bonchev–Trinajstić information content (AvgIpc) is 3.22. The van der Waals surface area contributed by atoms with E-state index in [-0.39, 0.29) is 17.7 Å². The monoisotopic (exact) mass is 342 g/mol. The molecule has 6 nitrogen and oxygen atoms in total. The highest BCUT2D eigenvalue weighted by atomic mass is 16.5. The molecule has 25 heavy (non-hydrogen) atoms. The van der Waals surface area contributed by atoms with Crippen LogP contribution < -0.4 is 10.1 Å². The second-order valence-corrected chi connectivity index (χ2v) is 6.71. The maximum absolute atomic E-state index is 12.4. The fraction of sp³-hybridized carbons (Fsp3) is 0.474. The number of aryl methyl sites for hydroxylation is 1. The van der Waals surface area contributed by atoms with Gasteiger partial charge >= 0.3 is 0 Å². The third-order valence-electron chi connectivity index (χ3n) is 5.14. The number of nitrogens with zero attached hydrogens (tertiary/aromatic N) is 3. The zero-order valence-corrected chi connectivity index (χ0v) is 15.3. The van der Waals surface area contributed by atoms with Crippen molar-refractivity contribution in [2.45, 2.75) is 19.4 Å². The Labute approximate surface area is 148 Å². The molecule has 1 saturated heterocycles. The first-order chi connectivity index (χ1) is 12.0. The van der Waals surface area contributed by atoms with Crippen LogP contribution in [0.15, 0.2) is 30.6 Å². The van der Waals surface area contributed by atoms with Crippen LogP contribution >= 0.6 is 0 Å². The number of hydrogen-bond acceptors (Lipinski definition) is 4. The summed E-state index contributed by atoms with van der Waals surface area (Å²) < 4.78 is 7.22. The van der Waals surface area contributed by atoms with E-state index in [0.717, 1.165) is 36.5 Å². The van der Waals surface area contributed by atoms with Gasteiger partial charge in [0.25, 0.3) is 0 Å². The maximum Gasteiger partial charge on any atom is 0.224 e. The second-order valence-electron chi connectivity index (χ2n) is 6.71. The van der Waals surface area contributed by atoms with Crippen molar-refractivity contribution >= 4 is 5.91 Å². The van der Waals surface area contributed by atoms with E-state index in [1.807, 2.05) is 31.6 Å². The quantitative estimate of drug-likeness (QED) is 0.898. The van der Waals surface area contributed by atoms with Crippen molar-refractivity contribution in [3.8, 4) is 5.75 Å². The third kappa shape index (κ3) is 3.54. The Morgan fingerprint density at radius 3 is 2.84 bits per heavy atom. The van der Waals surface area contributed by atoms with E-state index in [0.29, 0.717) is 0 Å². The van der Waals surface area contributed by atoms with E-state index in [9.17, 15) is 4.79 Å². The van der Waals surface area contributed by atoms with Crippen molar-refractivity contribution in [1.29, 1.82) is 0 Å². The molecule has 1 aromatic carbocycles. The number of methoxy groups -OCH3 is 1. The molecule has 1 N–H and O–H groups in total. The van der Waals surface area contributed by atoms with Gasteiger partial charge in [-0.05, 0) is 29.7 Å². The Bertz CT molecular complexity index is 756. The fourth-order valence-corrected chi connectivity index (χ4v) is 3.73. The van der Waals surface area contributed by atoms with Gasteiger partial charge in [-0.25, -0.2) is 0 Å². The lowest BCUT2D eigenvalue weighted by Crippen LogP contribution is -2.32. The molecule has 0 bridgehead atoms. The number of ether oxygens (including phenoxy) is 1. The molecule has 0 aliphatic carbocycles. The highest BCUT2D eigenvalue weighted by Gasteiger charge is 2.38. The maximum atomic E-state index is 12.4. The summed E-state index contributed by atoms with van der Waals surface area (Å²) in [7, 11) is 5.31.